The maximum atomic E-state index is 13.3. The number of sulfonamides is 1. The van der Waals surface area contributed by atoms with Crippen LogP contribution in [0.15, 0.2) is 32.3 Å². The summed E-state index contributed by atoms with van der Waals surface area (Å²) in [5.74, 6) is 0.739. The van der Waals surface area contributed by atoms with Gasteiger partial charge in [-0.15, -0.1) is 0 Å². The van der Waals surface area contributed by atoms with Gasteiger partial charge in [0, 0.05) is 17.7 Å². The quantitative estimate of drug-likeness (QED) is 0.472. The highest BCUT2D eigenvalue weighted by molar-refractivity contribution is 7.89. The van der Waals surface area contributed by atoms with Crippen molar-refractivity contribution in [3.63, 3.8) is 0 Å². The van der Waals surface area contributed by atoms with Gasteiger partial charge in [-0.3, -0.25) is 4.79 Å². The Morgan fingerprint density at radius 2 is 1.26 bits per heavy atom. The highest BCUT2D eigenvalue weighted by atomic mass is 32.2. The number of hydrogen-bond donors (Lipinski definition) is 1. The summed E-state index contributed by atoms with van der Waals surface area (Å²) in [6, 6.07) is 3.82. The van der Waals surface area contributed by atoms with Crippen molar-refractivity contribution in [2.75, 3.05) is 49.7 Å². The molecular formula is C22H25NO10S. The van der Waals surface area contributed by atoms with E-state index >= 15 is 0 Å². The number of ether oxygens (including phenoxy) is 6. The highest BCUT2D eigenvalue weighted by Gasteiger charge is 2.29. The average molecular weight is 496 g/mol. The lowest BCUT2D eigenvalue weighted by molar-refractivity contribution is 0.307. The molecule has 0 spiro atoms. The van der Waals surface area contributed by atoms with Gasteiger partial charge in [0.2, 0.25) is 27.3 Å². The van der Waals surface area contributed by atoms with E-state index in [9.17, 15) is 13.2 Å². The summed E-state index contributed by atoms with van der Waals surface area (Å²) in [5, 5.41) is 0.0271. The summed E-state index contributed by atoms with van der Waals surface area (Å²) in [6.07, 6.45) is 0. The van der Waals surface area contributed by atoms with Gasteiger partial charge in [0.1, 0.15) is 11.1 Å². The fourth-order valence-corrected chi connectivity index (χ4v) is 4.49. The van der Waals surface area contributed by atoms with Crippen LogP contribution in [0.4, 0.5) is 0 Å². The number of benzene rings is 2. The Labute approximate surface area is 196 Å². The Kier molecular flexibility index (Phi) is 7.12. The summed E-state index contributed by atoms with van der Waals surface area (Å²) in [6.45, 7) is 0. The molecule has 0 unspecified atom stereocenters. The molecular weight excluding hydrogens is 470 g/mol. The molecule has 184 valence electrons. The molecule has 3 aromatic rings. The number of rotatable bonds is 9. The van der Waals surface area contributed by atoms with E-state index in [2.05, 4.69) is 4.72 Å². The molecule has 34 heavy (non-hydrogen) atoms. The first-order chi connectivity index (χ1) is 16.2. The van der Waals surface area contributed by atoms with E-state index in [4.69, 9.17) is 32.8 Å². The zero-order valence-corrected chi connectivity index (χ0v) is 20.5. The minimum atomic E-state index is -4.00. The maximum absolute atomic E-state index is 13.3. The summed E-state index contributed by atoms with van der Waals surface area (Å²) < 4.78 is 66.2. The van der Waals surface area contributed by atoms with Crippen LogP contribution in [0, 0.1) is 0 Å². The topological polar surface area (TPSA) is 132 Å². The van der Waals surface area contributed by atoms with Crippen LogP contribution in [0.25, 0.3) is 22.3 Å². The second-order valence-corrected chi connectivity index (χ2v) is 8.58. The molecule has 0 saturated carbocycles. The second-order valence-electron chi connectivity index (χ2n) is 6.72. The molecule has 1 N–H and O–H groups in total. The monoisotopic (exact) mass is 495 g/mol. The molecule has 1 aromatic heterocycles. The van der Waals surface area contributed by atoms with E-state index in [1.807, 2.05) is 0 Å². The van der Waals surface area contributed by atoms with Crippen LogP contribution in [-0.4, -0.2) is 58.1 Å². The van der Waals surface area contributed by atoms with Crippen LogP contribution in [0.2, 0.25) is 0 Å². The zero-order chi connectivity index (χ0) is 25.2. The average Bonchev–Trinajstić information content (AvgIpc) is 2.85. The van der Waals surface area contributed by atoms with Crippen molar-refractivity contribution in [1.29, 1.82) is 0 Å². The van der Waals surface area contributed by atoms with Crippen LogP contribution in [-0.2, 0) is 10.0 Å². The molecule has 0 radical (unpaired) electrons. The predicted molar refractivity (Wildman–Crippen MR) is 123 cm³/mol. The van der Waals surface area contributed by atoms with Gasteiger partial charge >= 0.3 is 0 Å². The largest absolute Gasteiger partial charge is 0.493 e. The maximum Gasteiger partial charge on any atom is 0.241 e. The third-order valence-corrected chi connectivity index (χ3v) is 6.58. The van der Waals surface area contributed by atoms with E-state index in [0.717, 1.165) is 6.07 Å². The molecule has 0 atom stereocenters. The molecule has 12 heteroatoms. The van der Waals surface area contributed by atoms with Crippen molar-refractivity contribution in [3.8, 4) is 45.8 Å². The molecule has 0 amide bonds. The van der Waals surface area contributed by atoms with Crippen LogP contribution in [0.1, 0.15) is 0 Å². The first-order valence-corrected chi connectivity index (χ1v) is 11.2. The van der Waals surface area contributed by atoms with E-state index < -0.39 is 15.5 Å². The second kappa shape index (κ2) is 9.69. The van der Waals surface area contributed by atoms with Gasteiger partial charge in [-0.05, 0) is 13.1 Å². The molecule has 0 bridgehead atoms. The first kappa shape index (κ1) is 25.0. The third-order valence-electron chi connectivity index (χ3n) is 5.13. The van der Waals surface area contributed by atoms with Crippen LogP contribution in [0.3, 0.4) is 0 Å². The molecule has 3 rings (SSSR count). The van der Waals surface area contributed by atoms with Crippen molar-refractivity contribution in [2.24, 2.45) is 0 Å². The molecule has 0 aliphatic rings. The Morgan fingerprint density at radius 1 is 0.735 bits per heavy atom. The van der Waals surface area contributed by atoms with E-state index in [1.165, 1.54) is 61.8 Å². The summed E-state index contributed by atoms with van der Waals surface area (Å²) in [4.78, 5) is 13.1. The smallest absolute Gasteiger partial charge is 0.241 e. The normalized spacial score (nSPS) is 11.3. The SMILES string of the molecule is CNS(=O)(=O)c1cc(OC)c(OC)cc1-c1cc(=O)c2c(OC)c(OC)c(OC)c(OC)c2o1. The molecule has 0 saturated heterocycles. The Hall–Kier alpha value is -3.64. The number of fused-ring (bicyclic) bond motifs is 1. The number of methoxy groups -OCH3 is 6. The van der Waals surface area contributed by atoms with Crippen molar-refractivity contribution >= 4 is 21.0 Å². The number of nitrogens with one attached hydrogen (secondary N) is 1. The van der Waals surface area contributed by atoms with Crippen molar-refractivity contribution in [1.82, 2.24) is 4.72 Å². The minimum absolute atomic E-state index is 0.0258. The van der Waals surface area contributed by atoms with Gasteiger partial charge in [-0.1, -0.05) is 0 Å². The Balaban J connectivity index is 2.53. The van der Waals surface area contributed by atoms with E-state index in [-0.39, 0.29) is 61.7 Å². The Morgan fingerprint density at radius 3 is 1.76 bits per heavy atom. The number of hydrogen-bond acceptors (Lipinski definition) is 10. The molecule has 11 nitrogen and oxygen atoms in total. The molecule has 0 aliphatic heterocycles. The molecule has 1 heterocycles. The lowest BCUT2D eigenvalue weighted by Gasteiger charge is -2.18. The summed E-state index contributed by atoms with van der Waals surface area (Å²) >= 11 is 0. The van der Waals surface area contributed by atoms with Gasteiger partial charge in [0.05, 0.1) is 47.6 Å². The third kappa shape index (κ3) is 3.94. The molecule has 0 aliphatic carbocycles. The summed E-state index contributed by atoms with van der Waals surface area (Å²) in [5.41, 5.74) is -0.501. The fourth-order valence-electron chi connectivity index (χ4n) is 3.56. The van der Waals surface area contributed by atoms with Crippen LogP contribution < -0.4 is 38.6 Å². The highest BCUT2D eigenvalue weighted by Crippen LogP contribution is 2.50. The lowest BCUT2D eigenvalue weighted by Crippen LogP contribution is -2.20. The first-order valence-electron chi connectivity index (χ1n) is 9.76. The molecule has 0 fully saturated rings. The van der Waals surface area contributed by atoms with Crippen LogP contribution in [0.5, 0.6) is 34.5 Å². The molecule has 2 aromatic carbocycles. The van der Waals surface area contributed by atoms with Gasteiger partial charge < -0.3 is 32.8 Å². The van der Waals surface area contributed by atoms with E-state index in [1.54, 1.807) is 0 Å². The standard InChI is InChI=1S/C22H25NO10S/c1-23-34(25,26)16-10-15(28-3)14(27-2)8-11(16)13-9-12(24)17-18(29-4)20(30-5)22(32-7)21(31-6)19(17)33-13/h8-10,23H,1-7H3. The van der Waals surface area contributed by atoms with Gasteiger partial charge in [0.25, 0.3) is 0 Å². The van der Waals surface area contributed by atoms with Crippen molar-refractivity contribution in [3.05, 3.63) is 28.4 Å². The van der Waals surface area contributed by atoms with Crippen molar-refractivity contribution < 1.29 is 41.3 Å². The van der Waals surface area contributed by atoms with Gasteiger partial charge in [-0.25, -0.2) is 13.1 Å². The van der Waals surface area contributed by atoms with Gasteiger partial charge in [-0.2, -0.15) is 0 Å². The Bertz CT molecular complexity index is 1400. The minimum Gasteiger partial charge on any atom is -0.493 e. The van der Waals surface area contributed by atoms with Crippen LogP contribution >= 0.6 is 0 Å². The predicted octanol–water partition coefficient (Wildman–Crippen LogP) is 2.42. The van der Waals surface area contributed by atoms with Crippen molar-refractivity contribution in [2.45, 2.75) is 4.90 Å². The zero-order valence-electron chi connectivity index (χ0n) is 19.7. The lowest BCUT2D eigenvalue weighted by atomic mass is 10.1. The summed E-state index contributed by atoms with van der Waals surface area (Å²) in [7, 11) is 5.54. The fraction of sp³-hybridized carbons (Fsp3) is 0.318. The van der Waals surface area contributed by atoms with E-state index in [0.29, 0.717) is 0 Å². The van der Waals surface area contributed by atoms with Gasteiger partial charge in [0.15, 0.2) is 28.3 Å².